The second kappa shape index (κ2) is 7.10. The summed E-state index contributed by atoms with van der Waals surface area (Å²) in [5, 5.41) is 3.36. The van der Waals surface area contributed by atoms with Gasteiger partial charge in [0.1, 0.15) is 11.9 Å². The topological polar surface area (TPSA) is 47.0 Å². The molecule has 1 unspecified atom stereocenters. The Hall–Kier alpha value is -0.810. The van der Waals surface area contributed by atoms with E-state index in [1.807, 2.05) is 11.8 Å². The lowest BCUT2D eigenvalue weighted by atomic mass is 10.1. The van der Waals surface area contributed by atoms with E-state index in [4.69, 9.17) is 4.74 Å². The van der Waals surface area contributed by atoms with Gasteiger partial charge < -0.3 is 10.1 Å². The van der Waals surface area contributed by atoms with E-state index in [0.29, 0.717) is 5.92 Å². The fourth-order valence-corrected chi connectivity index (χ4v) is 2.75. The molecule has 0 bridgehead atoms. The smallest absolute Gasteiger partial charge is 0.160 e. The molecule has 4 nitrogen and oxygen atoms in total. The molecule has 1 atom stereocenters. The predicted molar refractivity (Wildman–Crippen MR) is 80.9 cm³/mol. The maximum absolute atomic E-state index is 5.78. The van der Waals surface area contributed by atoms with E-state index in [2.05, 4.69) is 42.1 Å². The van der Waals surface area contributed by atoms with Crippen LogP contribution in [0.15, 0.2) is 6.07 Å². The highest BCUT2D eigenvalue weighted by atomic mass is 32.2. The molecule has 1 N–H and O–H groups in total. The largest absolute Gasteiger partial charge is 0.370 e. The van der Waals surface area contributed by atoms with Gasteiger partial charge in [0.15, 0.2) is 5.82 Å². The molecule has 19 heavy (non-hydrogen) atoms. The Morgan fingerprint density at radius 2 is 2.32 bits per heavy atom. The molecular weight excluding hydrogens is 258 g/mol. The number of thioether (sulfide) groups is 1. The first-order valence-corrected chi connectivity index (χ1v) is 8.18. The van der Waals surface area contributed by atoms with Gasteiger partial charge >= 0.3 is 0 Å². The maximum atomic E-state index is 5.78. The summed E-state index contributed by atoms with van der Waals surface area (Å²) in [6, 6.07) is 2.06. The van der Waals surface area contributed by atoms with Crippen LogP contribution in [0.2, 0.25) is 0 Å². The molecule has 1 aromatic rings. The Morgan fingerprint density at radius 1 is 1.47 bits per heavy atom. The van der Waals surface area contributed by atoms with Crippen LogP contribution in [-0.2, 0) is 4.74 Å². The van der Waals surface area contributed by atoms with Crippen molar-refractivity contribution >= 4 is 17.6 Å². The van der Waals surface area contributed by atoms with Crippen molar-refractivity contribution in [1.82, 2.24) is 9.97 Å². The molecule has 106 valence electrons. The fraction of sp³-hybridized carbons (Fsp3) is 0.714. The van der Waals surface area contributed by atoms with Crippen LogP contribution < -0.4 is 5.32 Å². The van der Waals surface area contributed by atoms with Crippen molar-refractivity contribution in [2.75, 3.05) is 30.0 Å². The summed E-state index contributed by atoms with van der Waals surface area (Å²) in [4.78, 5) is 9.29. The minimum atomic E-state index is 0.0413. The van der Waals surface area contributed by atoms with E-state index in [1.54, 1.807) is 0 Å². The molecule has 0 saturated carbocycles. The molecule has 0 aliphatic carbocycles. The van der Waals surface area contributed by atoms with Crippen molar-refractivity contribution in [3.05, 3.63) is 17.6 Å². The molecule has 2 heterocycles. The summed E-state index contributed by atoms with van der Waals surface area (Å²) in [5.74, 6) is 4.18. The molecule has 1 fully saturated rings. The number of anilines is 1. The van der Waals surface area contributed by atoms with Gasteiger partial charge in [0, 0.05) is 29.8 Å². The molecule has 1 aromatic heterocycles. The van der Waals surface area contributed by atoms with Crippen LogP contribution in [0.1, 0.15) is 50.7 Å². The van der Waals surface area contributed by atoms with Crippen LogP contribution in [0.5, 0.6) is 0 Å². The highest BCUT2D eigenvalue weighted by molar-refractivity contribution is 7.99. The lowest BCUT2D eigenvalue weighted by Crippen LogP contribution is -2.19. The molecule has 0 amide bonds. The van der Waals surface area contributed by atoms with E-state index in [1.165, 1.54) is 0 Å². The summed E-state index contributed by atoms with van der Waals surface area (Å²) < 4.78 is 5.78. The Labute approximate surface area is 119 Å². The van der Waals surface area contributed by atoms with Crippen molar-refractivity contribution in [2.45, 2.75) is 39.2 Å². The van der Waals surface area contributed by atoms with E-state index in [9.17, 15) is 0 Å². The minimum Gasteiger partial charge on any atom is -0.370 e. The van der Waals surface area contributed by atoms with Gasteiger partial charge in [-0.3, -0.25) is 0 Å². The number of rotatable bonds is 5. The zero-order chi connectivity index (χ0) is 13.7. The average molecular weight is 281 g/mol. The molecule has 0 spiro atoms. The molecule has 1 aliphatic rings. The van der Waals surface area contributed by atoms with Gasteiger partial charge in [0.25, 0.3) is 0 Å². The number of hydrogen-bond acceptors (Lipinski definition) is 5. The predicted octanol–water partition coefficient (Wildman–Crippen LogP) is 3.23. The van der Waals surface area contributed by atoms with Crippen molar-refractivity contribution in [2.24, 2.45) is 0 Å². The van der Waals surface area contributed by atoms with Crippen molar-refractivity contribution < 1.29 is 4.74 Å². The van der Waals surface area contributed by atoms with Gasteiger partial charge in [0.05, 0.1) is 6.61 Å². The lowest BCUT2D eigenvalue weighted by Gasteiger charge is -2.22. The van der Waals surface area contributed by atoms with E-state index < -0.39 is 0 Å². The van der Waals surface area contributed by atoms with Gasteiger partial charge in [-0.1, -0.05) is 20.8 Å². The Morgan fingerprint density at radius 3 is 2.95 bits per heavy atom. The second-order valence-electron chi connectivity index (χ2n) is 5.05. The van der Waals surface area contributed by atoms with Crippen LogP contribution in [0.25, 0.3) is 0 Å². The summed E-state index contributed by atoms with van der Waals surface area (Å²) in [6.07, 6.45) is 1.13. The Kier molecular flexibility index (Phi) is 5.45. The summed E-state index contributed by atoms with van der Waals surface area (Å²) in [7, 11) is 0. The lowest BCUT2D eigenvalue weighted by molar-refractivity contribution is 0.0693. The van der Waals surface area contributed by atoms with E-state index >= 15 is 0 Å². The minimum absolute atomic E-state index is 0.0413. The summed E-state index contributed by atoms with van der Waals surface area (Å²) in [5.41, 5.74) is 1.09. The third-order valence-electron chi connectivity index (χ3n) is 3.01. The first-order chi connectivity index (χ1) is 9.20. The van der Waals surface area contributed by atoms with Crippen LogP contribution >= 0.6 is 11.8 Å². The number of nitrogens with one attached hydrogen (secondary N) is 1. The zero-order valence-electron chi connectivity index (χ0n) is 12.0. The maximum Gasteiger partial charge on any atom is 0.160 e. The SMILES string of the molecule is CCCNc1cc(C(C)C)nc(C2CSCCO2)n1. The summed E-state index contributed by atoms with van der Waals surface area (Å²) in [6.45, 7) is 8.20. The highest BCUT2D eigenvalue weighted by Crippen LogP contribution is 2.26. The highest BCUT2D eigenvalue weighted by Gasteiger charge is 2.21. The molecule has 1 saturated heterocycles. The molecule has 0 aromatic carbocycles. The average Bonchev–Trinajstić information content (AvgIpc) is 2.45. The van der Waals surface area contributed by atoms with Crippen LogP contribution in [0.3, 0.4) is 0 Å². The normalized spacial score (nSPS) is 19.7. The standard InChI is InChI=1S/C14H23N3OS/c1-4-5-15-13-8-11(10(2)3)16-14(17-13)12-9-19-7-6-18-12/h8,10,12H,4-7,9H2,1-3H3,(H,15,16,17). The number of ether oxygens (including phenoxy) is 1. The molecule has 0 radical (unpaired) electrons. The number of nitrogens with zero attached hydrogens (tertiary/aromatic N) is 2. The van der Waals surface area contributed by atoms with Crippen molar-refractivity contribution in [3.63, 3.8) is 0 Å². The Balaban J connectivity index is 2.22. The van der Waals surface area contributed by atoms with Crippen LogP contribution in [0, 0.1) is 0 Å². The molecule has 1 aliphatic heterocycles. The van der Waals surface area contributed by atoms with Gasteiger partial charge in [-0.2, -0.15) is 11.8 Å². The summed E-state index contributed by atoms with van der Waals surface area (Å²) >= 11 is 1.91. The quantitative estimate of drug-likeness (QED) is 0.898. The van der Waals surface area contributed by atoms with Gasteiger partial charge in [-0.15, -0.1) is 0 Å². The Bertz CT molecular complexity index is 406. The van der Waals surface area contributed by atoms with E-state index in [-0.39, 0.29) is 6.10 Å². The second-order valence-corrected chi connectivity index (χ2v) is 6.20. The third-order valence-corrected chi connectivity index (χ3v) is 4.01. The van der Waals surface area contributed by atoms with Crippen molar-refractivity contribution in [3.8, 4) is 0 Å². The monoisotopic (exact) mass is 281 g/mol. The third kappa shape index (κ3) is 4.08. The van der Waals surface area contributed by atoms with Gasteiger partial charge in [-0.05, 0) is 12.3 Å². The molecular formula is C14H23N3OS. The molecule has 2 rings (SSSR count). The zero-order valence-corrected chi connectivity index (χ0v) is 12.8. The van der Waals surface area contributed by atoms with Gasteiger partial charge in [0.2, 0.25) is 0 Å². The number of aromatic nitrogens is 2. The van der Waals surface area contributed by atoms with E-state index in [0.717, 1.165) is 48.4 Å². The van der Waals surface area contributed by atoms with Gasteiger partial charge in [-0.25, -0.2) is 9.97 Å². The van der Waals surface area contributed by atoms with Crippen molar-refractivity contribution in [1.29, 1.82) is 0 Å². The van der Waals surface area contributed by atoms with Crippen LogP contribution in [-0.4, -0.2) is 34.6 Å². The van der Waals surface area contributed by atoms with Crippen LogP contribution in [0.4, 0.5) is 5.82 Å². The fourth-order valence-electron chi connectivity index (χ4n) is 1.91. The number of hydrogen-bond donors (Lipinski definition) is 1. The first kappa shape index (κ1) is 14.6. The molecule has 5 heteroatoms. The first-order valence-electron chi connectivity index (χ1n) is 7.02.